The zero-order valence-corrected chi connectivity index (χ0v) is 17.3. The summed E-state index contributed by atoms with van der Waals surface area (Å²) in [7, 11) is 1.36. The highest BCUT2D eigenvalue weighted by molar-refractivity contribution is 5.94. The Morgan fingerprint density at radius 3 is 2.47 bits per heavy atom. The van der Waals surface area contributed by atoms with Crippen LogP contribution in [-0.2, 0) is 14.3 Å². The van der Waals surface area contributed by atoms with E-state index in [4.69, 9.17) is 4.74 Å². The predicted octanol–water partition coefficient (Wildman–Crippen LogP) is 1.89. The summed E-state index contributed by atoms with van der Waals surface area (Å²) < 4.78 is 6.86. The second-order valence-corrected chi connectivity index (χ2v) is 7.83. The van der Waals surface area contributed by atoms with Crippen molar-refractivity contribution in [2.75, 3.05) is 26.7 Å². The molecule has 30 heavy (non-hydrogen) atoms. The Hall–Kier alpha value is -3.16. The molecule has 8 nitrogen and oxygen atoms in total. The van der Waals surface area contributed by atoms with Crippen LogP contribution in [0, 0.1) is 5.92 Å². The lowest BCUT2D eigenvalue weighted by atomic mass is 9.76. The average molecular weight is 410 g/mol. The second kappa shape index (κ2) is 7.93. The Morgan fingerprint density at radius 2 is 1.90 bits per heavy atom. The normalized spacial score (nSPS) is 20.6. The number of hydrogen-bond donors (Lipinski definition) is 0. The molecular weight excluding hydrogens is 384 g/mol. The lowest BCUT2D eigenvalue weighted by Crippen LogP contribution is -2.58. The number of piperidine rings is 1. The van der Waals surface area contributed by atoms with Gasteiger partial charge in [0.25, 0.3) is 5.91 Å². The summed E-state index contributed by atoms with van der Waals surface area (Å²) in [5, 5.41) is 0. The van der Waals surface area contributed by atoms with E-state index in [1.54, 1.807) is 12.5 Å². The van der Waals surface area contributed by atoms with Crippen molar-refractivity contribution in [2.45, 2.75) is 31.7 Å². The van der Waals surface area contributed by atoms with Crippen LogP contribution in [0.4, 0.5) is 0 Å². The summed E-state index contributed by atoms with van der Waals surface area (Å²) >= 11 is 0. The molecule has 2 fully saturated rings. The molecule has 158 valence electrons. The van der Waals surface area contributed by atoms with E-state index in [9.17, 15) is 14.4 Å². The van der Waals surface area contributed by atoms with Gasteiger partial charge in [-0.15, -0.1) is 0 Å². The smallest absolute Gasteiger partial charge is 0.311 e. The molecule has 2 aromatic rings. The first kappa shape index (κ1) is 20.1. The minimum Gasteiger partial charge on any atom is -0.469 e. The van der Waals surface area contributed by atoms with E-state index in [1.165, 1.54) is 7.11 Å². The molecule has 0 N–H and O–H groups in total. The van der Waals surface area contributed by atoms with E-state index in [-0.39, 0.29) is 24.2 Å². The number of imidazole rings is 1. The van der Waals surface area contributed by atoms with Crippen LogP contribution in [0.15, 0.2) is 43.0 Å². The van der Waals surface area contributed by atoms with Gasteiger partial charge in [0.05, 0.1) is 24.9 Å². The average Bonchev–Trinajstić information content (AvgIpc) is 3.40. The molecule has 0 radical (unpaired) electrons. The number of likely N-dealkylation sites (tertiary alicyclic amines) is 2. The molecule has 2 aliphatic heterocycles. The molecule has 1 unspecified atom stereocenters. The summed E-state index contributed by atoms with van der Waals surface area (Å²) in [6, 6.07) is 7.41. The fourth-order valence-corrected chi connectivity index (χ4v) is 4.93. The van der Waals surface area contributed by atoms with Crippen molar-refractivity contribution < 1.29 is 19.1 Å². The number of rotatable bonds is 4. The van der Waals surface area contributed by atoms with Crippen molar-refractivity contribution >= 4 is 17.8 Å². The number of esters is 1. The van der Waals surface area contributed by atoms with Crippen LogP contribution < -0.4 is 0 Å². The third kappa shape index (κ3) is 3.26. The summed E-state index contributed by atoms with van der Waals surface area (Å²) in [5.74, 6) is -0.859. The van der Waals surface area contributed by atoms with Crippen molar-refractivity contribution in [3.05, 3.63) is 48.5 Å². The van der Waals surface area contributed by atoms with E-state index >= 15 is 0 Å². The molecule has 1 aromatic carbocycles. The zero-order valence-electron chi connectivity index (χ0n) is 17.3. The topological polar surface area (TPSA) is 84.7 Å². The molecule has 4 rings (SSSR count). The first-order valence-electron chi connectivity index (χ1n) is 10.3. The predicted molar refractivity (Wildman–Crippen MR) is 109 cm³/mol. The number of ether oxygens (including phenoxy) is 1. The number of hydrogen-bond acceptors (Lipinski definition) is 5. The highest BCUT2D eigenvalue weighted by Gasteiger charge is 2.56. The van der Waals surface area contributed by atoms with E-state index in [2.05, 4.69) is 4.98 Å². The molecule has 2 amide bonds. The number of methoxy groups -OCH3 is 1. The molecule has 3 heterocycles. The van der Waals surface area contributed by atoms with E-state index < -0.39 is 11.5 Å². The minimum atomic E-state index is -0.555. The standard InChI is InChI=1S/C22H26N4O4/c1-3-26-19(27)14-18(21(29)30-2)22(26)8-11-24(12-9-22)20(28)16-4-6-17(7-5-16)25-13-10-23-15-25/h4-7,10,13,15,18H,3,8-9,11-12,14H2,1-2H3. The molecule has 1 aromatic heterocycles. The Kier molecular flexibility index (Phi) is 5.32. The first-order chi connectivity index (χ1) is 14.5. The molecule has 1 spiro atoms. The molecular formula is C22H26N4O4. The van der Waals surface area contributed by atoms with Gasteiger partial charge in [-0.3, -0.25) is 14.4 Å². The lowest BCUT2D eigenvalue weighted by Gasteiger charge is -2.46. The summed E-state index contributed by atoms with van der Waals surface area (Å²) in [4.78, 5) is 45.6. The van der Waals surface area contributed by atoms with Crippen molar-refractivity contribution in [2.24, 2.45) is 5.92 Å². The van der Waals surface area contributed by atoms with Crippen molar-refractivity contribution in [1.29, 1.82) is 0 Å². The Bertz CT molecular complexity index is 929. The van der Waals surface area contributed by atoms with Gasteiger partial charge in [0, 0.05) is 49.7 Å². The molecule has 8 heteroatoms. The number of amides is 2. The zero-order chi connectivity index (χ0) is 21.3. The van der Waals surface area contributed by atoms with Gasteiger partial charge < -0.3 is 19.1 Å². The van der Waals surface area contributed by atoms with E-state index in [1.807, 2.05) is 51.8 Å². The maximum absolute atomic E-state index is 13.0. The van der Waals surface area contributed by atoms with Gasteiger partial charge in [-0.05, 0) is 44.0 Å². The fourth-order valence-electron chi connectivity index (χ4n) is 4.93. The van der Waals surface area contributed by atoms with Crippen LogP contribution in [0.1, 0.15) is 36.5 Å². The summed E-state index contributed by atoms with van der Waals surface area (Å²) in [5.41, 5.74) is 1.00. The molecule has 0 aliphatic carbocycles. The quantitative estimate of drug-likeness (QED) is 0.719. The number of benzene rings is 1. The number of aromatic nitrogens is 2. The highest BCUT2D eigenvalue weighted by Crippen LogP contribution is 2.44. The maximum Gasteiger partial charge on any atom is 0.311 e. The Morgan fingerprint density at radius 1 is 1.20 bits per heavy atom. The summed E-state index contributed by atoms with van der Waals surface area (Å²) in [6.07, 6.45) is 6.60. The van der Waals surface area contributed by atoms with Crippen molar-refractivity contribution in [3.8, 4) is 5.69 Å². The largest absolute Gasteiger partial charge is 0.469 e. The van der Waals surface area contributed by atoms with Crippen LogP contribution in [0.2, 0.25) is 0 Å². The first-order valence-corrected chi connectivity index (χ1v) is 10.3. The Labute approximate surface area is 175 Å². The van der Waals surface area contributed by atoms with Crippen LogP contribution in [0.5, 0.6) is 0 Å². The monoisotopic (exact) mass is 410 g/mol. The molecule has 1 atom stereocenters. The number of nitrogens with zero attached hydrogens (tertiary/aromatic N) is 4. The van der Waals surface area contributed by atoms with E-state index in [0.717, 1.165) is 5.69 Å². The Balaban J connectivity index is 1.48. The summed E-state index contributed by atoms with van der Waals surface area (Å²) in [6.45, 7) is 3.48. The van der Waals surface area contributed by atoms with Crippen molar-refractivity contribution in [1.82, 2.24) is 19.4 Å². The van der Waals surface area contributed by atoms with Gasteiger partial charge in [0.1, 0.15) is 0 Å². The molecule has 0 saturated carbocycles. The van der Waals surface area contributed by atoms with Gasteiger partial charge in [-0.25, -0.2) is 4.98 Å². The molecule has 2 aliphatic rings. The molecule has 2 saturated heterocycles. The highest BCUT2D eigenvalue weighted by atomic mass is 16.5. The lowest BCUT2D eigenvalue weighted by molar-refractivity contribution is -0.150. The van der Waals surface area contributed by atoms with Gasteiger partial charge in [0.2, 0.25) is 5.91 Å². The molecule has 0 bridgehead atoms. The van der Waals surface area contributed by atoms with Gasteiger partial charge in [0.15, 0.2) is 0 Å². The van der Waals surface area contributed by atoms with Gasteiger partial charge >= 0.3 is 5.97 Å². The minimum absolute atomic E-state index is 0.0113. The van der Waals surface area contributed by atoms with Crippen LogP contribution in [-0.4, -0.2) is 69.4 Å². The SMILES string of the molecule is CCN1C(=O)CC(C(=O)OC)C12CCN(C(=O)c1ccc(-n3ccnc3)cc1)CC2. The third-order valence-electron chi connectivity index (χ3n) is 6.50. The van der Waals surface area contributed by atoms with Gasteiger partial charge in [-0.2, -0.15) is 0 Å². The third-order valence-corrected chi connectivity index (χ3v) is 6.50. The van der Waals surface area contributed by atoms with Crippen molar-refractivity contribution in [3.63, 3.8) is 0 Å². The maximum atomic E-state index is 13.0. The van der Waals surface area contributed by atoms with E-state index in [0.29, 0.717) is 38.0 Å². The second-order valence-electron chi connectivity index (χ2n) is 7.83. The van der Waals surface area contributed by atoms with Crippen LogP contribution in [0.25, 0.3) is 5.69 Å². The van der Waals surface area contributed by atoms with Gasteiger partial charge in [-0.1, -0.05) is 0 Å². The number of carbonyl (C=O) groups excluding carboxylic acids is 3. The van der Waals surface area contributed by atoms with Crippen LogP contribution >= 0.6 is 0 Å². The van der Waals surface area contributed by atoms with Crippen LogP contribution in [0.3, 0.4) is 0 Å². The fraction of sp³-hybridized carbons (Fsp3) is 0.455. The number of carbonyl (C=O) groups is 3.